The molecular formula is C12H15N3O4. The summed E-state index contributed by atoms with van der Waals surface area (Å²) in [5.41, 5.74) is 0.824. The van der Waals surface area contributed by atoms with Gasteiger partial charge in [-0.2, -0.15) is 0 Å². The van der Waals surface area contributed by atoms with E-state index >= 15 is 0 Å². The molecule has 0 fully saturated rings. The maximum atomic E-state index is 11.4. The molecule has 1 aromatic rings. The molecule has 0 spiro atoms. The Bertz CT molecular complexity index is 450. The minimum atomic E-state index is -0.946. The van der Waals surface area contributed by atoms with Crippen LogP contribution in [0, 0.1) is 0 Å². The second-order valence-corrected chi connectivity index (χ2v) is 3.78. The number of ether oxygens (including phenoxy) is 1. The van der Waals surface area contributed by atoms with E-state index in [0.29, 0.717) is 5.01 Å². The van der Waals surface area contributed by atoms with Gasteiger partial charge in [0, 0.05) is 0 Å². The van der Waals surface area contributed by atoms with Crippen molar-refractivity contribution in [3.05, 3.63) is 35.9 Å². The van der Waals surface area contributed by atoms with Crippen LogP contribution in [0.4, 0.5) is 4.79 Å². The SMILES string of the molecule is C[C@H](NC(=O)OCc1ccccc1)C(=O)N(N)C=O. The normalized spacial score (nSPS) is 11.3. The molecule has 0 radical (unpaired) electrons. The quantitative estimate of drug-likeness (QED) is 0.342. The highest BCUT2D eigenvalue weighted by atomic mass is 16.5. The van der Waals surface area contributed by atoms with Crippen molar-refractivity contribution in [3.8, 4) is 0 Å². The van der Waals surface area contributed by atoms with E-state index in [-0.39, 0.29) is 13.0 Å². The van der Waals surface area contributed by atoms with Crippen LogP contribution in [0.1, 0.15) is 12.5 Å². The predicted octanol–water partition coefficient (Wildman–Crippen LogP) is 0.160. The maximum Gasteiger partial charge on any atom is 0.408 e. The first-order chi connectivity index (χ1) is 9.04. The number of carbonyl (C=O) groups excluding carboxylic acids is 3. The van der Waals surface area contributed by atoms with Crippen molar-refractivity contribution in [2.24, 2.45) is 5.84 Å². The van der Waals surface area contributed by atoms with Crippen molar-refractivity contribution in [3.63, 3.8) is 0 Å². The molecule has 0 bridgehead atoms. The number of hydrazine groups is 1. The molecular weight excluding hydrogens is 250 g/mol. The Kier molecular flexibility index (Phi) is 5.49. The Morgan fingerprint density at radius 3 is 2.63 bits per heavy atom. The highest BCUT2D eigenvalue weighted by molar-refractivity contribution is 5.91. The van der Waals surface area contributed by atoms with E-state index in [1.165, 1.54) is 6.92 Å². The number of amides is 3. The molecule has 102 valence electrons. The Morgan fingerprint density at radius 2 is 2.05 bits per heavy atom. The molecule has 19 heavy (non-hydrogen) atoms. The molecule has 0 aliphatic heterocycles. The molecule has 7 nitrogen and oxygen atoms in total. The van der Waals surface area contributed by atoms with Crippen molar-refractivity contribution in [2.45, 2.75) is 19.6 Å². The van der Waals surface area contributed by atoms with Gasteiger partial charge >= 0.3 is 6.09 Å². The summed E-state index contributed by atoms with van der Waals surface area (Å²) in [5.74, 6) is 4.35. The number of benzene rings is 1. The Hall–Kier alpha value is -2.41. The van der Waals surface area contributed by atoms with E-state index in [0.717, 1.165) is 5.56 Å². The predicted molar refractivity (Wildman–Crippen MR) is 66.3 cm³/mol. The lowest BCUT2D eigenvalue weighted by molar-refractivity contribution is -0.139. The first-order valence-corrected chi connectivity index (χ1v) is 5.55. The van der Waals surface area contributed by atoms with Crippen LogP contribution in [-0.2, 0) is 20.9 Å². The zero-order valence-electron chi connectivity index (χ0n) is 10.4. The van der Waals surface area contributed by atoms with Crippen molar-refractivity contribution in [1.29, 1.82) is 0 Å². The fourth-order valence-electron chi connectivity index (χ4n) is 1.28. The number of nitrogens with zero attached hydrogens (tertiary/aromatic N) is 1. The molecule has 0 aliphatic carbocycles. The van der Waals surface area contributed by atoms with Crippen molar-refractivity contribution >= 4 is 18.4 Å². The Morgan fingerprint density at radius 1 is 1.42 bits per heavy atom. The molecule has 3 N–H and O–H groups in total. The van der Waals surface area contributed by atoms with E-state index in [4.69, 9.17) is 10.6 Å². The molecule has 1 rings (SSSR count). The zero-order valence-corrected chi connectivity index (χ0v) is 10.4. The summed E-state index contributed by atoms with van der Waals surface area (Å²) in [6.45, 7) is 1.49. The number of rotatable bonds is 5. The van der Waals surface area contributed by atoms with Gasteiger partial charge in [0.2, 0.25) is 6.41 Å². The van der Waals surface area contributed by atoms with Crippen LogP contribution in [-0.4, -0.2) is 29.5 Å². The van der Waals surface area contributed by atoms with Crippen LogP contribution in [0.2, 0.25) is 0 Å². The van der Waals surface area contributed by atoms with Gasteiger partial charge in [0.15, 0.2) is 0 Å². The lowest BCUT2D eigenvalue weighted by Crippen LogP contribution is -2.49. The third kappa shape index (κ3) is 4.76. The Labute approximate surface area is 110 Å². The first kappa shape index (κ1) is 14.7. The summed E-state index contributed by atoms with van der Waals surface area (Å²) in [6, 6.07) is 8.14. The average Bonchev–Trinajstić information content (AvgIpc) is 2.44. The smallest absolute Gasteiger partial charge is 0.408 e. The summed E-state index contributed by atoms with van der Waals surface area (Å²) >= 11 is 0. The number of imide groups is 1. The van der Waals surface area contributed by atoms with Gasteiger partial charge in [-0.25, -0.2) is 15.6 Å². The zero-order chi connectivity index (χ0) is 14.3. The van der Waals surface area contributed by atoms with Gasteiger partial charge in [0.05, 0.1) is 0 Å². The van der Waals surface area contributed by atoms with E-state index in [9.17, 15) is 14.4 Å². The number of hydrogen-bond acceptors (Lipinski definition) is 5. The number of hydrogen-bond donors (Lipinski definition) is 2. The van der Waals surface area contributed by atoms with Gasteiger partial charge < -0.3 is 10.1 Å². The second kappa shape index (κ2) is 7.12. The van der Waals surface area contributed by atoms with Crippen molar-refractivity contribution < 1.29 is 19.1 Å². The van der Waals surface area contributed by atoms with Crippen LogP contribution < -0.4 is 11.2 Å². The topological polar surface area (TPSA) is 102 Å². The molecule has 0 heterocycles. The van der Waals surface area contributed by atoms with Gasteiger partial charge in [-0.3, -0.25) is 9.59 Å². The maximum absolute atomic E-state index is 11.4. The molecule has 0 saturated heterocycles. The minimum Gasteiger partial charge on any atom is -0.445 e. The monoisotopic (exact) mass is 265 g/mol. The van der Waals surface area contributed by atoms with Gasteiger partial charge in [0.25, 0.3) is 5.91 Å². The number of nitrogens with two attached hydrogens (primary N) is 1. The molecule has 7 heteroatoms. The van der Waals surface area contributed by atoms with Crippen LogP contribution in [0.15, 0.2) is 30.3 Å². The summed E-state index contributed by atoms with van der Waals surface area (Å²) in [7, 11) is 0. The van der Waals surface area contributed by atoms with Crippen molar-refractivity contribution in [1.82, 2.24) is 10.3 Å². The standard InChI is InChI=1S/C12H15N3O4/c1-9(11(17)15(13)8-16)14-12(18)19-7-10-5-3-2-4-6-10/h2-6,8-9H,7,13H2,1H3,(H,14,18)/t9-/m0/s1. The lowest BCUT2D eigenvalue weighted by atomic mass is 10.2. The van der Waals surface area contributed by atoms with Gasteiger partial charge in [0.1, 0.15) is 12.6 Å². The Balaban J connectivity index is 2.39. The lowest BCUT2D eigenvalue weighted by Gasteiger charge is -2.16. The third-order valence-electron chi connectivity index (χ3n) is 2.29. The largest absolute Gasteiger partial charge is 0.445 e. The minimum absolute atomic E-state index is 0.0909. The van der Waals surface area contributed by atoms with Crippen LogP contribution >= 0.6 is 0 Å². The highest BCUT2D eigenvalue weighted by Crippen LogP contribution is 2.00. The molecule has 0 aliphatic rings. The van der Waals surface area contributed by atoms with Crippen LogP contribution in [0.5, 0.6) is 0 Å². The molecule has 3 amide bonds. The highest BCUT2D eigenvalue weighted by Gasteiger charge is 2.20. The fraction of sp³-hybridized carbons (Fsp3) is 0.250. The van der Waals surface area contributed by atoms with Crippen LogP contribution in [0.25, 0.3) is 0 Å². The average molecular weight is 265 g/mol. The molecule has 0 aromatic heterocycles. The van der Waals surface area contributed by atoms with Gasteiger partial charge in [-0.05, 0) is 12.5 Å². The molecule has 1 atom stereocenters. The van der Waals surface area contributed by atoms with E-state index < -0.39 is 18.0 Å². The first-order valence-electron chi connectivity index (χ1n) is 5.55. The number of nitrogens with one attached hydrogen (secondary N) is 1. The number of carbonyl (C=O) groups is 3. The number of alkyl carbamates (subject to hydrolysis) is 1. The third-order valence-corrected chi connectivity index (χ3v) is 2.29. The summed E-state index contributed by atoms with van der Waals surface area (Å²) < 4.78 is 4.91. The van der Waals surface area contributed by atoms with Gasteiger partial charge in [-0.15, -0.1) is 0 Å². The summed E-state index contributed by atoms with van der Waals surface area (Å²) in [6.07, 6.45) is -0.598. The van der Waals surface area contributed by atoms with Gasteiger partial charge in [-0.1, -0.05) is 30.3 Å². The molecule has 0 saturated carbocycles. The second-order valence-electron chi connectivity index (χ2n) is 3.78. The van der Waals surface area contributed by atoms with E-state index in [1.807, 2.05) is 18.2 Å². The fourth-order valence-corrected chi connectivity index (χ4v) is 1.28. The van der Waals surface area contributed by atoms with E-state index in [2.05, 4.69) is 5.32 Å². The molecule has 1 aromatic carbocycles. The van der Waals surface area contributed by atoms with E-state index in [1.54, 1.807) is 12.1 Å². The van der Waals surface area contributed by atoms with Crippen LogP contribution in [0.3, 0.4) is 0 Å². The van der Waals surface area contributed by atoms with Crippen molar-refractivity contribution in [2.75, 3.05) is 0 Å². The summed E-state index contributed by atoms with van der Waals surface area (Å²) in [4.78, 5) is 33.1. The molecule has 0 unspecified atom stereocenters. The summed E-state index contributed by atoms with van der Waals surface area (Å²) in [5, 5.41) is 2.64.